The summed E-state index contributed by atoms with van der Waals surface area (Å²) in [5, 5.41) is 8.85. The van der Waals surface area contributed by atoms with Gasteiger partial charge in [0.1, 0.15) is 24.5 Å². The first-order chi connectivity index (χ1) is 7.61. The molecule has 1 aromatic carbocycles. The molecular weight excluding hydrogens is 212 g/mol. The van der Waals surface area contributed by atoms with Crippen molar-refractivity contribution in [3.63, 3.8) is 0 Å². The van der Waals surface area contributed by atoms with Crippen molar-refractivity contribution in [1.29, 1.82) is 0 Å². The first-order valence-corrected chi connectivity index (χ1v) is 4.69. The lowest BCUT2D eigenvalue weighted by Crippen LogP contribution is -2.11. The SMILES string of the molecule is CC(=O)OCCOc1ccccc1C(=O)O. The Morgan fingerprint density at radius 1 is 1.25 bits per heavy atom. The number of para-hydroxylation sites is 1. The van der Waals surface area contributed by atoms with Gasteiger partial charge in [0.05, 0.1) is 0 Å². The van der Waals surface area contributed by atoms with Gasteiger partial charge in [-0.3, -0.25) is 4.79 Å². The number of carboxylic acid groups (broad SMARTS) is 1. The van der Waals surface area contributed by atoms with Gasteiger partial charge in [-0.15, -0.1) is 0 Å². The molecule has 1 rings (SSSR count). The van der Waals surface area contributed by atoms with Crippen LogP contribution in [-0.2, 0) is 9.53 Å². The molecule has 5 nitrogen and oxygen atoms in total. The van der Waals surface area contributed by atoms with Gasteiger partial charge in [-0.25, -0.2) is 4.79 Å². The number of ether oxygens (including phenoxy) is 2. The molecule has 0 saturated carbocycles. The number of benzene rings is 1. The van der Waals surface area contributed by atoms with Crippen LogP contribution in [0.1, 0.15) is 17.3 Å². The minimum atomic E-state index is -1.05. The maximum Gasteiger partial charge on any atom is 0.339 e. The smallest absolute Gasteiger partial charge is 0.339 e. The summed E-state index contributed by atoms with van der Waals surface area (Å²) in [6.07, 6.45) is 0. The molecule has 1 N–H and O–H groups in total. The topological polar surface area (TPSA) is 72.8 Å². The second kappa shape index (κ2) is 5.75. The Morgan fingerprint density at radius 3 is 2.56 bits per heavy atom. The largest absolute Gasteiger partial charge is 0.489 e. The van der Waals surface area contributed by atoms with Crippen LogP contribution in [0.2, 0.25) is 0 Å². The van der Waals surface area contributed by atoms with Crippen molar-refractivity contribution in [2.45, 2.75) is 6.92 Å². The minimum absolute atomic E-state index is 0.0883. The Balaban J connectivity index is 2.53. The van der Waals surface area contributed by atoms with E-state index in [2.05, 4.69) is 4.74 Å². The van der Waals surface area contributed by atoms with Crippen molar-refractivity contribution < 1.29 is 24.2 Å². The van der Waals surface area contributed by atoms with E-state index in [1.165, 1.54) is 13.0 Å². The summed E-state index contributed by atoms with van der Waals surface area (Å²) in [6.45, 7) is 1.53. The van der Waals surface area contributed by atoms with Gasteiger partial charge in [-0.1, -0.05) is 12.1 Å². The molecule has 0 unspecified atom stereocenters. The van der Waals surface area contributed by atoms with Crippen molar-refractivity contribution in [2.75, 3.05) is 13.2 Å². The monoisotopic (exact) mass is 224 g/mol. The normalized spacial score (nSPS) is 9.56. The van der Waals surface area contributed by atoms with E-state index in [-0.39, 0.29) is 24.5 Å². The summed E-state index contributed by atoms with van der Waals surface area (Å²) in [5.74, 6) is -1.18. The number of carbonyl (C=O) groups excluding carboxylic acids is 1. The predicted octanol–water partition coefficient (Wildman–Crippen LogP) is 1.33. The summed E-state index contributed by atoms with van der Waals surface area (Å²) < 4.78 is 9.84. The van der Waals surface area contributed by atoms with Gasteiger partial charge in [0.2, 0.25) is 0 Å². The molecule has 0 aliphatic carbocycles. The Morgan fingerprint density at radius 2 is 1.94 bits per heavy atom. The fourth-order valence-electron chi connectivity index (χ4n) is 1.11. The lowest BCUT2D eigenvalue weighted by Gasteiger charge is -2.08. The highest BCUT2D eigenvalue weighted by Gasteiger charge is 2.09. The zero-order valence-corrected chi connectivity index (χ0v) is 8.80. The molecule has 0 aromatic heterocycles. The zero-order chi connectivity index (χ0) is 12.0. The first kappa shape index (κ1) is 12.0. The molecule has 0 aliphatic rings. The first-order valence-electron chi connectivity index (χ1n) is 4.69. The van der Waals surface area contributed by atoms with E-state index in [9.17, 15) is 9.59 Å². The van der Waals surface area contributed by atoms with E-state index in [0.717, 1.165) is 0 Å². The van der Waals surface area contributed by atoms with Gasteiger partial charge in [0.15, 0.2) is 0 Å². The highest BCUT2D eigenvalue weighted by atomic mass is 16.6. The number of aromatic carboxylic acids is 1. The lowest BCUT2D eigenvalue weighted by molar-refractivity contribution is -0.141. The van der Waals surface area contributed by atoms with E-state index in [1.54, 1.807) is 18.2 Å². The number of hydrogen-bond donors (Lipinski definition) is 1. The molecule has 16 heavy (non-hydrogen) atoms. The molecule has 0 amide bonds. The molecule has 0 bridgehead atoms. The summed E-state index contributed by atoms with van der Waals surface area (Å²) in [7, 11) is 0. The number of hydrogen-bond acceptors (Lipinski definition) is 4. The summed E-state index contributed by atoms with van der Waals surface area (Å²) >= 11 is 0. The van der Waals surface area contributed by atoms with E-state index >= 15 is 0 Å². The third-order valence-corrected chi connectivity index (χ3v) is 1.76. The molecule has 86 valence electrons. The Kier molecular flexibility index (Phi) is 4.32. The van der Waals surface area contributed by atoms with Crippen LogP contribution in [0.25, 0.3) is 0 Å². The number of esters is 1. The van der Waals surface area contributed by atoms with Crippen molar-refractivity contribution in [3.05, 3.63) is 29.8 Å². The van der Waals surface area contributed by atoms with Gasteiger partial charge < -0.3 is 14.6 Å². The summed E-state index contributed by atoms with van der Waals surface area (Å²) in [4.78, 5) is 21.3. The van der Waals surface area contributed by atoms with Gasteiger partial charge in [-0.05, 0) is 12.1 Å². The molecule has 1 aromatic rings. The molecule has 0 radical (unpaired) electrons. The second-order valence-electron chi connectivity index (χ2n) is 2.99. The zero-order valence-electron chi connectivity index (χ0n) is 8.80. The fourth-order valence-corrected chi connectivity index (χ4v) is 1.11. The second-order valence-corrected chi connectivity index (χ2v) is 2.99. The molecule has 5 heteroatoms. The minimum Gasteiger partial charge on any atom is -0.489 e. The van der Waals surface area contributed by atoms with Crippen molar-refractivity contribution in [2.24, 2.45) is 0 Å². The van der Waals surface area contributed by atoms with Crippen LogP contribution in [0.15, 0.2) is 24.3 Å². The van der Waals surface area contributed by atoms with E-state index in [4.69, 9.17) is 9.84 Å². The van der Waals surface area contributed by atoms with Gasteiger partial charge in [-0.2, -0.15) is 0 Å². The van der Waals surface area contributed by atoms with E-state index in [1.807, 2.05) is 0 Å². The average Bonchev–Trinajstić information content (AvgIpc) is 2.24. The highest BCUT2D eigenvalue weighted by molar-refractivity contribution is 5.90. The number of carboxylic acids is 1. The van der Waals surface area contributed by atoms with Crippen molar-refractivity contribution in [3.8, 4) is 5.75 Å². The van der Waals surface area contributed by atoms with Gasteiger partial charge in [0.25, 0.3) is 0 Å². The van der Waals surface area contributed by atoms with Crippen LogP contribution in [0.4, 0.5) is 0 Å². The third kappa shape index (κ3) is 3.61. The summed E-state index contributed by atoms with van der Waals surface area (Å²) in [5.41, 5.74) is 0.0883. The fraction of sp³-hybridized carbons (Fsp3) is 0.273. The van der Waals surface area contributed by atoms with Crippen LogP contribution < -0.4 is 4.74 Å². The molecule has 0 fully saturated rings. The predicted molar refractivity (Wildman–Crippen MR) is 55.5 cm³/mol. The third-order valence-electron chi connectivity index (χ3n) is 1.76. The lowest BCUT2D eigenvalue weighted by atomic mass is 10.2. The van der Waals surface area contributed by atoms with Crippen LogP contribution in [0.5, 0.6) is 5.75 Å². The molecule has 0 aliphatic heterocycles. The maximum atomic E-state index is 10.8. The number of rotatable bonds is 5. The van der Waals surface area contributed by atoms with Crippen LogP contribution >= 0.6 is 0 Å². The highest BCUT2D eigenvalue weighted by Crippen LogP contribution is 2.17. The average molecular weight is 224 g/mol. The van der Waals surface area contributed by atoms with E-state index in [0.29, 0.717) is 0 Å². The maximum absolute atomic E-state index is 10.8. The molecule has 0 saturated heterocycles. The van der Waals surface area contributed by atoms with Crippen molar-refractivity contribution >= 4 is 11.9 Å². The van der Waals surface area contributed by atoms with E-state index < -0.39 is 11.9 Å². The molecular formula is C11H12O5. The Labute approximate surface area is 92.6 Å². The molecule has 0 atom stereocenters. The quantitative estimate of drug-likeness (QED) is 0.603. The van der Waals surface area contributed by atoms with Crippen LogP contribution in [-0.4, -0.2) is 30.3 Å². The van der Waals surface area contributed by atoms with Gasteiger partial charge in [0, 0.05) is 6.92 Å². The van der Waals surface area contributed by atoms with Gasteiger partial charge >= 0.3 is 11.9 Å². The number of carbonyl (C=O) groups is 2. The Bertz CT molecular complexity index is 386. The van der Waals surface area contributed by atoms with Crippen molar-refractivity contribution in [1.82, 2.24) is 0 Å². The standard InChI is InChI=1S/C11H12O5/c1-8(12)15-6-7-16-10-5-3-2-4-9(10)11(13)14/h2-5H,6-7H2,1H3,(H,13,14). The van der Waals surface area contributed by atoms with Crippen LogP contribution in [0, 0.1) is 0 Å². The molecule has 0 heterocycles. The van der Waals surface area contributed by atoms with Crippen LogP contribution in [0.3, 0.4) is 0 Å². The molecule has 0 spiro atoms. The Hall–Kier alpha value is -2.04. The summed E-state index contributed by atoms with van der Waals surface area (Å²) in [6, 6.07) is 6.29.